The van der Waals surface area contributed by atoms with Crippen molar-refractivity contribution >= 4 is 43.0 Å². The predicted octanol–water partition coefficient (Wildman–Crippen LogP) is 2.74. The van der Waals surface area contributed by atoms with E-state index < -0.39 is 22.2 Å². The molecule has 3 aromatic rings. The number of aliphatic hydroxyl groups excluding tert-OH is 1. The van der Waals surface area contributed by atoms with Gasteiger partial charge in [-0.15, -0.1) is 11.3 Å². The summed E-state index contributed by atoms with van der Waals surface area (Å²) < 4.78 is 33.6. The molecular formula is C15H14ClN3O4S2. The smallest absolute Gasteiger partial charge is 0.253 e. The lowest BCUT2D eigenvalue weighted by molar-refractivity contribution is 0.188. The van der Waals surface area contributed by atoms with Gasteiger partial charge in [-0.05, 0) is 36.6 Å². The molecule has 1 aliphatic heterocycles. The molecule has 3 heterocycles. The maximum atomic E-state index is 13.1. The van der Waals surface area contributed by atoms with Crippen LogP contribution in [0.1, 0.15) is 24.2 Å². The second kappa shape index (κ2) is 6.03. The third kappa shape index (κ3) is 2.96. The Morgan fingerprint density at radius 2 is 2.20 bits per heavy atom. The zero-order valence-corrected chi connectivity index (χ0v) is 15.5. The molecule has 0 radical (unpaired) electrons. The summed E-state index contributed by atoms with van der Waals surface area (Å²) >= 11 is 7.14. The second-order valence-electron chi connectivity index (χ2n) is 5.91. The number of hydrogen-bond donors (Lipinski definition) is 1. The molecule has 2 aromatic heterocycles. The zero-order chi connectivity index (χ0) is 17.8. The molecule has 0 bridgehead atoms. The average Bonchev–Trinajstić information content (AvgIpc) is 3.24. The number of halogens is 1. The molecule has 25 heavy (non-hydrogen) atoms. The minimum absolute atomic E-state index is 0.0105. The summed E-state index contributed by atoms with van der Waals surface area (Å²) in [7, 11) is -3.81. The summed E-state index contributed by atoms with van der Waals surface area (Å²) in [5.74, 6) is 0.618. The van der Waals surface area contributed by atoms with Crippen molar-refractivity contribution in [3.8, 4) is 0 Å². The molecule has 0 saturated carbocycles. The van der Waals surface area contributed by atoms with Crippen LogP contribution >= 0.6 is 22.9 Å². The Balaban J connectivity index is 1.76. The van der Waals surface area contributed by atoms with E-state index in [4.69, 9.17) is 16.1 Å². The number of β-amino-alcohol motifs (C(OH)–C–C–N with tert-alkyl or cyclic N) is 1. The predicted molar refractivity (Wildman–Crippen MR) is 93.1 cm³/mol. The van der Waals surface area contributed by atoms with Gasteiger partial charge < -0.3 is 9.63 Å². The van der Waals surface area contributed by atoms with Crippen LogP contribution in [0.25, 0.3) is 10.1 Å². The first-order valence-corrected chi connectivity index (χ1v) is 10.2. The van der Waals surface area contributed by atoms with Gasteiger partial charge in [0.1, 0.15) is 10.3 Å². The number of aryl methyl sites for hydroxylation is 1. The number of rotatable bonds is 3. The summed E-state index contributed by atoms with van der Waals surface area (Å²) in [5.41, 5.74) is 0. The van der Waals surface area contributed by atoms with Gasteiger partial charge in [0.2, 0.25) is 5.89 Å². The van der Waals surface area contributed by atoms with Crippen LogP contribution in [-0.2, 0) is 10.0 Å². The average molecular weight is 400 g/mol. The molecule has 0 spiro atoms. The molecule has 2 atom stereocenters. The van der Waals surface area contributed by atoms with Crippen LogP contribution in [0.5, 0.6) is 0 Å². The molecule has 1 N–H and O–H groups in total. The van der Waals surface area contributed by atoms with Crippen LogP contribution < -0.4 is 0 Å². The fraction of sp³-hybridized carbons (Fsp3) is 0.333. The SMILES string of the molecule is Cc1noc([C@H]2C[C@H](O)CN2S(=O)(=O)c2cc3cc(Cl)ccc3s2)n1. The van der Waals surface area contributed by atoms with E-state index in [0.29, 0.717) is 10.8 Å². The van der Waals surface area contributed by atoms with E-state index in [1.165, 1.54) is 15.6 Å². The van der Waals surface area contributed by atoms with Gasteiger partial charge in [0.25, 0.3) is 10.0 Å². The Kier molecular flexibility index (Phi) is 4.08. The van der Waals surface area contributed by atoms with E-state index in [9.17, 15) is 13.5 Å². The molecule has 0 amide bonds. The lowest BCUT2D eigenvalue weighted by atomic mass is 10.2. The van der Waals surface area contributed by atoms with Gasteiger partial charge in [0.05, 0.1) is 6.10 Å². The quantitative estimate of drug-likeness (QED) is 0.727. The topological polar surface area (TPSA) is 96.5 Å². The van der Waals surface area contributed by atoms with Crippen LogP contribution in [0.2, 0.25) is 5.02 Å². The van der Waals surface area contributed by atoms with Crippen LogP contribution in [0.3, 0.4) is 0 Å². The van der Waals surface area contributed by atoms with Crippen molar-refractivity contribution < 1.29 is 18.0 Å². The van der Waals surface area contributed by atoms with Crippen molar-refractivity contribution in [1.29, 1.82) is 0 Å². The number of thiophene rings is 1. The van der Waals surface area contributed by atoms with Crippen molar-refractivity contribution in [3.63, 3.8) is 0 Å². The van der Waals surface area contributed by atoms with Gasteiger partial charge in [-0.3, -0.25) is 0 Å². The number of aliphatic hydroxyl groups is 1. The van der Waals surface area contributed by atoms with Gasteiger partial charge >= 0.3 is 0 Å². The van der Waals surface area contributed by atoms with E-state index in [-0.39, 0.29) is 23.1 Å². The van der Waals surface area contributed by atoms with Crippen molar-refractivity contribution in [1.82, 2.24) is 14.4 Å². The fourth-order valence-corrected chi connectivity index (χ4v) is 6.27. The zero-order valence-electron chi connectivity index (χ0n) is 13.1. The van der Waals surface area contributed by atoms with Crippen molar-refractivity contribution in [2.24, 2.45) is 0 Å². The first-order valence-electron chi connectivity index (χ1n) is 7.54. The van der Waals surface area contributed by atoms with E-state index in [0.717, 1.165) is 10.1 Å². The molecule has 1 fully saturated rings. The Hall–Kier alpha value is -1.52. The van der Waals surface area contributed by atoms with E-state index >= 15 is 0 Å². The normalized spacial score (nSPS) is 22.0. The van der Waals surface area contributed by atoms with Crippen molar-refractivity contribution in [2.75, 3.05) is 6.54 Å². The van der Waals surface area contributed by atoms with Crippen LogP contribution in [-0.4, -0.2) is 40.6 Å². The molecule has 0 unspecified atom stereocenters. The summed E-state index contributed by atoms with van der Waals surface area (Å²) in [4.78, 5) is 4.13. The molecule has 1 aliphatic rings. The number of benzene rings is 1. The van der Waals surface area contributed by atoms with E-state index in [1.54, 1.807) is 31.2 Å². The second-order valence-corrected chi connectivity index (χ2v) is 9.55. The number of nitrogens with zero attached hydrogens (tertiary/aromatic N) is 3. The number of hydrogen-bond acceptors (Lipinski definition) is 7. The number of aromatic nitrogens is 2. The summed E-state index contributed by atoms with van der Waals surface area (Å²) in [6.45, 7) is 1.65. The van der Waals surface area contributed by atoms with E-state index in [2.05, 4.69) is 10.1 Å². The van der Waals surface area contributed by atoms with Crippen molar-refractivity contribution in [3.05, 3.63) is 41.0 Å². The Bertz CT molecular complexity index is 1050. The number of fused-ring (bicyclic) bond motifs is 1. The first kappa shape index (κ1) is 16.9. The number of sulfonamides is 1. The molecule has 132 valence electrons. The third-order valence-corrected chi connectivity index (χ3v) is 7.76. The molecule has 7 nitrogen and oxygen atoms in total. The standard InChI is InChI=1S/C15H14ClN3O4S2/c1-8-17-15(23-18-8)12-6-11(20)7-19(12)25(21,22)14-5-9-4-10(16)2-3-13(9)24-14/h2-5,11-12,20H,6-7H2,1H3/t11-,12+/m0/s1. The molecule has 1 saturated heterocycles. The monoisotopic (exact) mass is 399 g/mol. The molecule has 4 rings (SSSR count). The van der Waals surface area contributed by atoms with Crippen molar-refractivity contribution in [2.45, 2.75) is 29.7 Å². The lowest BCUT2D eigenvalue weighted by Gasteiger charge is -2.19. The van der Waals surface area contributed by atoms with Crippen LogP contribution in [0.15, 0.2) is 33.0 Å². The maximum Gasteiger partial charge on any atom is 0.253 e. The fourth-order valence-electron chi connectivity index (χ4n) is 2.96. The minimum atomic E-state index is -3.81. The van der Waals surface area contributed by atoms with Crippen LogP contribution in [0.4, 0.5) is 0 Å². The van der Waals surface area contributed by atoms with Gasteiger partial charge in [0, 0.05) is 22.7 Å². The third-order valence-electron chi connectivity index (χ3n) is 4.08. The van der Waals surface area contributed by atoms with E-state index in [1.807, 2.05) is 0 Å². The molecule has 0 aliphatic carbocycles. The van der Waals surface area contributed by atoms with Gasteiger partial charge in [-0.25, -0.2) is 8.42 Å². The summed E-state index contributed by atoms with van der Waals surface area (Å²) in [6.07, 6.45) is -0.562. The highest BCUT2D eigenvalue weighted by Crippen LogP contribution is 2.39. The Labute approximate surface area is 152 Å². The largest absolute Gasteiger partial charge is 0.392 e. The molecular weight excluding hydrogens is 386 g/mol. The maximum absolute atomic E-state index is 13.1. The van der Waals surface area contributed by atoms with Gasteiger partial charge in [-0.1, -0.05) is 16.8 Å². The van der Waals surface area contributed by atoms with Gasteiger partial charge in [-0.2, -0.15) is 9.29 Å². The Morgan fingerprint density at radius 1 is 1.40 bits per heavy atom. The summed E-state index contributed by atoms with van der Waals surface area (Å²) in [6, 6.07) is 6.17. The highest BCUT2D eigenvalue weighted by Gasteiger charge is 2.43. The summed E-state index contributed by atoms with van der Waals surface area (Å²) in [5, 5.41) is 15.0. The van der Waals surface area contributed by atoms with Gasteiger partial charge in [0.15, 0.2) is 5.82 Å². The van der Waals surface area contributed by atoms with Crippen LogP contribution in [0, 0.1) is 6.92 Å². The minimum Gasteiger partial charge on any atom is -0.392 e. The highest BCUT2D eigenvalue weighted by atomic mass is 35.5. The molecule has 10 heteroatoms. The first-order chi connectivity index (χ1) is 11.8. The molecule has 1 aromatic carbocycles. The highest BCUT2D eigenvalue weighted by molar-refractivity contribution is 7.91. The lowest BCUT2D eigenvalue weighted by Crippen LogP contribution is -2.31. The Morgan fingerprint density at radius 3 is 2.92 bits per heavy atom.